The Morgan fingerprint density at radius 1 is 1.11 bits per heavy atom. The molecule has 8 nitrogen and oxygen atoms in total. The van der Waals surface area contributed by atoms with Crippen molar-refractivity contribution in [1.29, 1.82) is 0 Å². The van der Waals surface area contributed by atoms with Gasteiger partial charge < -0.3 is 25.3 Å². The lowest BCUT2D eigenvalue weighted by molar-refractivity contribution is -0.157. The normalized spacial score (nSPS) is 26.8. The topological polar surface area (TPSA) is 110 Å². The lowest BCUT2D eigenvalue weighted by Crippen LogP contribution is -2.61. The van der Waals surface area contributed by atoms with Gasteiger partial charge in [0.25, 0.3) is 0 Å². The Labute approximate surface area is 225 Å². The van der Waals surface area contributed by atoms with Crippen molar-refractivity contribution in [3.05, 3.63) is 34.9 Å². The number of nitrogens with one attached hydrogen (secondary N) is 1. The Kier molecular flexibility index (Phi) is 8.26. The van der Waals surface area contributed by atoms with Crippen molar-refractivity contribution in [3.63, 3.8) is 0 Å². The van der Waals surface area contributed by atoms with Gasteiger partial charge in [-0.1, -0.05) is 72.2 Å². The zero-order valence-electron chi connectivity index (χ0n) is 23.0. The fourth-order valence-electron chi connectivity index (χ4n) is 6.09. The molecule has 2 aliphatic rings. The van der Waals surface area contributed by atoms with E-state index < -0.39 is 40.5 Å². The molecule has 0 bridgehead atoms. The van der Waals surface area contributed by atoms with E-state index in [4.69, 9.17) is 11.6 Å². The number of benzene rings is 1. The minimum Gasteiger partial charge on any atom is -0.465 e. The number of piperidine rings is 1. The van der Waals surface area contributed by atoms with Gasteiger partial charge in [0.2, 0.25) is 11.8 Å². The van der Waals surface area contributed by atoms with Gasteiger partial charge in [-0.2, -0.15) is 0 Å². The molecule has 2 heterocycles. The fourth-order valence-corrected chi connectivity index (χ4v) is 6.22. The summed E-state index contributed by atoms with van der Waals surface area (Å²) in [7, 11) is 0. The molecule has 3 rings (SSSR count). The molecule has 4 atom stereocenters. The molecule has 2 aliphatic heterocycles. The van der Waals surface area contributed by atoms with Crippen LogP contribution in [0.5, 0.6) is 0 Å². The van der Waals surface area contributed by atoms with Gasteiger partial charge in [-0.3, -0.25) is 9.59 Å². The van der Waals surface area contributed by atoms with Gasteiger partial charge in [-0.25, -0.2) is 4.79 Å². The zero-order valence-corrected chi connectivity index (χ0v) is 23.8. The van der Waals surface area contributed by atoms with Crippen molar-refractivity contribution in [3.8, 4) is 0 Å². The highest BCUT2D eigenvalue weighted by Crippen LogP contribution is 2.46. The lowest BCUT2D eigenvalue weighted by atomic mass is 9.66. The Balaban J connectivity index is 1.77. The van der Waals surface area contributed by atoms with Crippen LogP contribution in [0.1, 0.15) is 66.9 Å². The van der Waals surface area contributed by atoms with Crippen LogP contribution in [0, 0.1) is 22.7 Å². The summed E-state index contributed by atoms with van der Waals surface area (Å²) in [5, 5.41) is 24.9. The third kappa shape index (κ3) is 5.75. The Bertz CT molecular complexity index is 1020. The van der Waals surface area contributed by atoms with Crippen molar-refractivity contribution in [2.24, 2.45) is 22.7 Å². The van der Waals surface area contributed by atoms with Crippen LogP contribution in [0.3, 0.4) is 0 Å². The molecule has 0 aliphatic carbocycles. The van der Waals surface area contributed by atoms with Crippen LogP contribution in [0.25, 0.3) is 0 Å². The summed E-state index contributed by atoms with van der Waals surface area (Å²) in [5.74, 6) is -1.17. The van der Waals surface area contributed by atoms with Crippen molar-refractivity contribution in [2.45, 2.75) is 79.0 Å². The van der Waals surface area contributed by atoms with Gasteiger partial charge in [0.1, 0.15) is 6.04 Å². The Morgan fingerprint density at radius 2 is 1.70 bits per heavy atom. The maximum absolute atomic E-state index is 13.7. The average molecular weight is 536 g/mol. The molecular formula is C28H42ClN3O5. The maximum Gasteiger partial charge on any atom is 0.407 e. The van der Waals surface area contributed by atoms with E-state index >= 15 is 0 Å². The van der Waals surface area contributed by atoms with Gasteiger partial charge in [-0.05, 0) is 41.9 Å². The SMILES string of the molecule is CC(C)[C@@H](NC(=O)C1CCN(C(=O)O)C1C(C)(C)C)C(=O)N1CC[C@](O)(c2ccc(Cl)cc2)C(C)(C)C1. The zero-order chi connectivity index (χ0) is 27.9. The smallest absolute Gasteiger partial charge is 0.407 e. The number of nitrogens with zero attached hydrogens (tertiary/aromatic N) is 2. The van der Waals surface area contributed by atoms with Gasteiger partial charge in [0.05, 0.1) is 17.6 Å². The monoisotopic (exact) mass is 535 g/mol. The number of likely N-dealkylation sites (tertiary alicyclic amines) is 2. The van der Waals surface area contributed by atoms with Crippen LogP contribution < -0.4 is 5.32 Å². The van der Waals surface area contributed by atoms with Gasteiger partial charge >= 0.3 is 6.09 Å². The molecule has 1 aromatic carbocycles. The molecule has 9 heteroatoms. The van der Waals surface area contributed by atoms with E-state index in [0.717, 1.165) is 5.56 Å². The highest BCUT2D eigenvalue weighted by Gasteiger charge is 2.51. The first-order valence-corrected chi connectivity index (χ1v) is 13.4. The van der Waals surface area contributed by atoms with Crippen LogP contribution in [0.15, 0.2) is 24.3 Å². The number of rotatable bonds is 5. The number of halogens is 1. The molecule has 0 radical (unpaired) electrons. The number of carbonyl (C=O) groups excluding carboxylic acids is 2. The highest BCUT2D eigenvalue weighted by molar-refractivity contribution is 6.30. The molecule has 3 N–H and O–H groups in total. The summed E-state index contributed by atoms with van der Waals surface area (Å²) in [4.78, 5) is 42.1. The minimum atomic E-state index is -1.13. The van der Waals surface area contributed by atoms with E-state index in [1.165, 1.54) is 4.90 Å². The molecule has 2 fully saturated rings. The molecule has 0 saturated carbocycles. The van der Waals surface area contributed by atoms with Crippen LogP contribution in [0.2, 0.25) is 5.02 Å². The summed E-state index contributed by atoms with van der Waals surface area (Å²) in [6.07, 6.45) is -0.256. The molecule has 206 valence electrons. The number of amides is 3. The second-order valence-corrected chi connectivity index (χ2v) is 13.1. The van der Waals surface area contributed by atoms with E-state index in [1.807, 2.05) is 60.6 Å². The number of aliphatic hydroxyl groups is 1. The van der Waals surface area contributed by atoms with E-state index in [-0.39, 0.29) is 17.7 Å². The predicted molar refractivity (Wildman–Crippen MR) is 143 cm³/mol. The fraction of sp³-hybridized carbons (Fsp3) is 0.679. The Hall–Kier alpha value is -2.32. The van der Waals surface area contributed by atoms with E-state index in [2.05, 4.69) is 5.32 Å². The number of hydrogen-bond acceptors (Lipinski definition) is 4. The van der Waals surface area contributed by atoms with Crippen molar-refractivity contribution in [2.75, 3.05) is 19.6 Å². The first kappa shape index (κ1) is 29.2. The van der Waals surface area contributed by atoms with E-state index in [1.54, 1.807) is 17.0 Å². The molecule has 0 aromatic heterocycles. The maximum atomic E-state index is 13.7. The van der Waals surface area contributed by atoms with Crippen molar-refractivity contribution in [1.82, 2.24) is 15.1 Å². The average Bonchev–Trinajstić information content (AvgIpc) is 3.25. The summed E-state index contributed by atoms with van der Waals surface area (Å²) >= 11 is 6.04. The van der Waals surface area contributed by atoms with E-state index in [0.29, 0.717) is 37.5 Å². The van der Waals surface area contributed by atoms with E-state index in [9.17, 15) is 24.6 Å². The molecule has 1 aromatic rings. The van der Waals surface area contributed by atoms with Gasteiger partial charge in [0.15, 0.2) is 0 Å². The standard InChI is InChI=1S/C28H42ClN3O5/c1-17(2)21(30-23(33)20-12-14-32(25(35)36)22(20)26(3,4)5)24(34)31-15-13-28(37,27(6,7)16-31)18-8-10-19(29)11-9-18/h8-11,17,20-22,37H,12-16H2,1-7H3,(H,30,33)(H,35,36)/t20?,21-,22?,28+/m1/s1. The summed E-state index contributed by atoms with van der Waals surface area (Å²) in [5.41, 5.74) is -1.45. The molecule has 37 heavy (non-hydrogen) atoms. The second kappa shape index (κ2) is 10.4. The summed E-state index contributed by atoms with van der Waals surface area (Å²) in [6, 6.07) is 5.94. The summed E-state index contributed by atoms with van der Waals surface area (Å²) in [6.45, 7) is 14.4. The minimum absolute atomic E-state index is 0.165. The Morgan fingerprint density at radius 3 is 2.19 bits per heavy atom. The third-order valence-corrected chi connectivity index (χ3v) is 8.43. The van der Waals surface area contributed by atoms with Gasteiger partial charge in [-0.15, -0.1) is 0 Å². The number of carbonyl (C=O) groups is 3. The second-order valence-electron chi connectivity index (χ2n) is 12.7. The van der Waals surface area contributed by atoms with Crippen molar-refractivity contribution < 1.29 is 24.6 Å². The largest absolute Gasteiger partial charge is 0.465 e. The first-order valence-electron chi connectivity index (χ1n) is 13.1. The predicted octanol–water partition coefficient (Wildman–Crippen LogP) is 4.34. The van der Waals surface area contributed by atoms with Crippen LogP contribution in [-0.2, 0) is 15.2 Å². The van der Waals surface area contributed by atoms with Crippen LogP contribution in [0.4, 0.5) is 4.79 Å². The number of carboxylic acid groups (broad SMARTS) is 1. The van der Waals surface area contributed by atoms with Crippen molar-refractivity contribution >= 4 is 29.5 Å². The van der Waals surface area contributed by atoms with Gasteiger partial charge in [0, 0.05) is 30.1 Å². The van der Waals surface area contributed by atoms with Crippen LogP contribution in [-0.4, -0.2) is 69.6 Å². The summed E-state index contributed by atoms with van der Waals surface area (Å²) < 4.78 is 0. The molecule has 3 amide bonds. The highest BCUT2D eigenvalue weighted by atomic mass is 35.5. The molecule has 0 spiro atoms. The first-order chi connectivity index (χ1) is 17.0. The molecule has 2 unspecified atom stereocenters. The third-order valence-electron chi connectivity index (χ3n) is 8.18. The van der Waals surface area contributed by atoms with Crippen LogP contribution >= 0.6 is 11.6 Å². The quantitative estimate of drug-likeness (QED) is 0.519. The molecular weight excluding hydrogens is 494 g/mol. The molecule has 2 saturated heterocycles. The lowest BCUT2D eigenvalue weighted by Gasteiger charge is -2.51. The number of hydrogen-bond donors (Lipinski definition) is 3.